The lowest BCUT2D eigenvalue weighted by Crippen LogP contribution is -2.26. The molecule has 0 bridgehead atoms. The highest BCUT2D eigenvalue weighted by Gasteiger charge is 2.22. The predicted molar refractivity (Wildman–Crippen MR) is 99.9 cm³/mol. The maximum atomic E-state index is 9.22. The zero-order valence-corrected chi connectivity index (χ0v) is 14.3. The molecule has 2 N–H and O–H groups in total. The van der Waals surface area contributed by atoms with Crippen LogP contribution in [0.4, 0.5) is 11.5 Å². The Bertz CT molecular complexity index is 937. The van der Waals surface area contributed by atoms with Gasteiger partial charge >= 0.3 is 0 Å². The fraction of sp³-hybridized carbons (Fsp3) is 0.300. The molecule has 1 aromatic carbocycles. The van der Waals surface area contributed by atoms with Crippen molar-refractivity contribution < 1.29 is 0 Å². The van der Waals surface area contributed by atoms with Gasteiger partial charge in [-0.25, -0.2) is 4.98 Å². The molecule has 1 aliphatic rings. The van der Waals surface area contributed by atoms with Gasteiger partial charge in [-0.3, -0.25) is 0 Å². The van der Waals surface area contributed by atoms with Crippen molar-refractivity contribution in [2.45, 2.75) is 25.3 Å². The highest BCUT2D eigenvalue weighted by Crippen LogP contribution is 2.28. The van der Waals surface area contributed by atoms with Crippen molar-refractivity contribution in [1.29, 1.82) is 5.26 Å². The van der Waals surface area contributed by atoms with Crippen LogP contribution < -0.4 is 5.32 Å². The summed E-state index contributed by atoms with van der Waals surface area (Å²) in [5, 5.41) is 13.7. The monoisotopic (exact) mass is 331 g/mol. The molecule has 1 unspecified atom stereocenters. The summed E-state index contributed by atoms with van der Waals surface area (Å²) in [5.74, 6) is 0.594. The normalized spacial score (nSPS) is 17.7. The van der Waals surface area contributed by atoms with Gasteiger partial charge in [0.15, 0.2) is 0 Å². The smallest absolute Gasteiger partial charge is 0.148 e. The Labute approximate surface area is 147 Å². The first-order valence-corrected chi connectivity index (χ1v) is 8.67. The first-order valence-electron chi connectivity index (χ1n) is 8.67. The lowest BCUT2D eigenvalue weighted by molar-refractivity contribution is 0.310. The van der Waals surface area contributed by atoms with Gasteiger partial charge in [0.05, 0.1) is 5.56 Å². The van der Waals surface area contributed by atoms with Gasteiger partial charge in [-0.2, -0.15) is 5.26 Å². The molecule has 0 spiro atoms. The predicted octanol–water partition coefficient (Wildman–Crippen LogP) is 3.81. The van der Waals surface area contributed by atoms with Crippen molar-refractivity contribution in [3.05, 3.63) is 53.9 Å². The van der Waals surface area contributed by atoms with Crippen LogP contribution in [0.3, 0.4) is 0 Å². The molecular formula is C20H21N5. The number of anilines is 2. The Morgan fingerprint density at radius 3 is 3.12 bits per heavy atom. The molecule has 5 heteroatoms. The average molecular weight is 331 g/mol. The van der Waals surface area contributed by atoms with Crippen LogP contribution in [-0.4, -0.2) is 34.5 Å². The quantitative estimate of drug-likeness (QED) is 0.763. The fourth-order valence-electron chi connectivity index (χ4n) is 3.65. The Morgan fingerprint density at radius 1 is 1.40 bits per heavy atom. The maximum Gasteiger partial charge on any atom is 0.148 e. The van der Waals surface area contributed by atoms with E-state index < -0.39 is 0 Å². The number of benzene rings is 1. The number of pyridine rings is 1. The second-order valence-corrected chi connectivity index (χ2v) is 6.69. The number of nitrogens with zero attached hydrogens (tertiary/aromatic N) is 3. The third-order valence-electron chi connectivity index (χ3n) is 5.09. The molecule has 126 valence electrons. The van der Waals surface area contributed by atoms with E-state index >= 15 is 0 Å². The molecule has 0 amide bonds. The standard InChI is InChI=1S/C20H21N5/c1-25-9-3-5-17(25)10-15-13-23-19-7-6-16(11-18(15)19)24-20-14(12-21)4-2-8-22-20/h2,4,6-8,11,13,17,23H,3,5,9-10H2,1H3,(H,22,24). The van der Waals surface area contributed by atoms with Crippen molar-refractivity contribution in [2.75, 3.05) is 18.9 Å². The van der Waals surface area contributed by atoms with Crippen molar-refractivity contribution in [1.82, 2.24) is 14.9 Å². The minimum atomic E-state index is 0.546. The summed E-state index contributed by atoms with van der Waals surface area (Å²) in [6.07, 6.45) is 7.43. The lowest BCUT2D eigenvalue weighted by atomic mass is 10.0. The van der Waals surface area contributed by atoms with Crippen LogP contribution in [0.25, 0.3) is 10.9 Å². The molecule has 3 heterocycles. The number of likely N-dealkylation sites (N-methyl/N-ethyl adjacent to an activating group) is 1. The largest absolute Gasteiger partial charge is 0.361 e. The van der Waals surface area contributed by atoms with Crippen LogP contribution in [0.2, 0.25) is 0 Å². The van der Waals surface area contributed by atoms with Crippen LogP contribution in [0.5, 0.6) is 0 Å². The number of nitrogens with one attached hydrogen (secondary N) is 2. The van der Waals surface area contributed by atoms with Gasteiger partial charge < -0.3 is 15.2 Å². The molecule has 2 aromatic heterocycles. The molecule has 0 saturated carbocycles. The molecule has 1 atom stereocenters. The van der Waals surface area contributed by atoms with Gasteiger partial charge in [0.25, 0.3) is 0 Å². The van der Waals surface area contributed by atoms with Crippen LogP contribution in [0.1, 0.15) is 24.0 Å². The Hall–Kier alpha value is -2.84. The molecule has 0 aliphatic carbocycles. The van der Waals surface area contributed by atoms with Crippen LogP contribution >= 0.6 is 0 Å². The van der Waals surface area contributed by atoms with E-state index in [0.29, 0.717) is 17.4 Å². The van der Waals surface area contributed by atoms with E-state index in [0.717, 1.165) is 17.6 Å². The zero-order chi connectivity index (χ0) is 17.2. The van der Waals surface area contributed by atoms with E-state index in [1.165, 1.54) is 30.3 Å². The zero-order valence-electron chi connectivity index (χ0n) is 14.3. The SMILES string of the molecule is CN1CCCC1Cc1c[nH]c2ccc(Nc3ncccc3C#N)cc12. The fourth-order valence-corrected chi connectivity index (χ4v) is 3.65. The minimum Gasteiger partial charge on any atom is -0.361 e. The number of aromatic nitrogens is 2. The van der Waals surface area contributed by atoms with Crippen molar-refractivity contribution in [2.24, 2.45) is 0 Å². The lowest BCUT2D eigenvalue weighted by Gasteiger charge is -2.18. The number of likely N-dealkylation sites (tertiary alicyclic amines) is 1. The Balaban J connectivity index is 1.63. The number of nitriles is 1. The third-order valence-corrected chi connectivity index (χ3v) is 5.09. The third kappa shape index (κ3) is 3.09. The summed E-state index contributed by atoms with van der Waals surface area (Å²) < 4.78 is 0. The van der Waals surface area contributed by atoms with Crippen LogP contribution in [0.15, 0.2) is 42.7 Å². The van der Waals surface area contributed by atoms with Gasteiger partial charge in [0, 0.05) is 35.0 Å². The van der Waals surface area contributed by atoms with Crippen LogP contribution in [0, 0.1) is 11.3 Å². The molecule has 1 fully saturated rings. The number of aromatic amines is 1. The van der Waals surface area contributed by atoms with E-state index in [1.54, 1.807) is 18.3 Å². The molecule has 5 nitrogen and oxygen atoms in total. The summed E-state index contributed by atoms with van der Waals surface area (Å²) in [6.45, 7) is 1.19. The van der Waals surface area contributed by atoms with Gasteiger partial charge in [-0.15, -0.1) is 0 Å². The van der Waals surface area contributed by atoms with Gasteiger partial charge in [0.1, 0.15) is 11.9 Å². The number of hydrogen-bond acceptors (Lipinski definition) is 4. The number of H-pyrrole nitrogens is 1. The summed E-state index contributed by atoms with van der Waals surface area (Å²) in [4.78, 5) is 10.1. The van der Waals surface area contributed by atoms with Crippen molar-refractivity contribution >= 4 is 22.4 Å². The molecule has 4 rings (SSSR count). The van der Waals surface area contributed by atoms with Crippen molar-refractivity contribution in [3.63, 3.8) is 0 Å². The van der Waals surface area contributed by atoms with E-state index in [-0.39, 0.29) is 0 Å². The maximum absolute atomic E-state index is 9.22. The summed E-state index contributed by atoms with van der Waals surface area (Å²) in [5.41, 5.74) is 3.98. The Morgan fingerprint density at radius 2 is 2.32 bits per heavy atom. The first kappa shape index (κ1) is 15.7. The van der Waals surface area contributed by atoms with E-state index in [4.69, 9.17) is 0 Å². The first-order chi connectivity index (χ1) is 12.2. The van der Waals surface area contributed by atoms with E-state index in [9.17, 15) is 5.26 Å². The van der Waals surface area contributed by atoms with Gasteiger partial charge in [0.2, 0.25) is 0 Å². The molecule has 1 saturated heterocycles. The summed E-state index contributed by atoms with van der Waals surface area (Å²) in [7, 11) is 2.21. The average Bonchev–Trinajstić information content (AvgIpc) is 3.22. The van der Waals surface area contributed by atoms with Crippen LogP contribution in [-0.2, 0) is 6.42 Å². The molecular weight excluding hydrogens is 310 g/mol. The second-order valence-electron chi connectivity index (χ2n) is 6.69. The Kier molecular flexibility index (Phi) is 4.12. The summed E-state index contributed by atoms with van der Waals surface area (Å²) in [6, 6.07) is 12.6. The van der Waals surface area contributed by atoms with E-state index in [2.05, 4.69) is 51.6 Å². The second kappa shape index (κ2) is 6.58. The minimum absolute atomic E-state index is 0.546. The number of rotatable bonds is 4. The highest BCUT2D eigenvalue weighted by molar-refractivity contribution is 5.87. The van der Waals surface area contributed by atoms with Crippen molar-refractivity contribution in [3.8, 4) is 6.07 Å². The van der Waals surface area contributed by atoms with Gasteiger partial charge in [-0.05, 0) is 68.8 Å². The highest BCUT2D eigenvalue weighted by atomic mass is 15.1. The molecule has 25 heavy (non-hydrogen) atoms. The molecule has 1 aliphatic heterocycles. The topological polar surface area (TPSA) is 67.7 Å². The number of hydrogen-bond donors (Lipinski definition) is 2. The summed E-state index contributed by atoms with van der Waals surface area (Å²) >= 11 is 0. The number of fused-ring (bicyclic) bond motifs is 1. The molecule has 0 radical (unpaired) electrons. The molecule has 3 aromatic rings. The van der Waals surface area contributed by atoms with E-state index in [1.807, 2.05) is 6.07 Å². The van der Waals surface area contributed by atoms with Gasteiger partial charge in [-0.1, -0.05) is 0 Å².